The molecular formula is C16H24N2. The Kier molecular flexibility index (Phi) is 3.38. The molecule has 2 nitrogen and oxygen atoms in total. The number of nitrogens with zero attached hydrogens (tertiary/aromatic N) is 1. The van der Waals surface area contributed by atoms with E-state index in [-0.39, 0.29) is 0 Å². The van der Waals surface area contributed by atoms with Crippen LogP contribution in [0.2, 0.25) is 0 Å². The maximum Gasteiger partial charge on any atom is 0.0369 e. The Hall–Kier alpha value is -0.890. The van der Waals surface area contributed by atoms with E-state index in [1.165, 1.54) is 36.8 Å². The molecule has 0 saturated heterocycles. The summed E-state index contributed by atoms with van der Waals surface area (Å²) in [4.78, 5) is 4.38. The molecule has 2 fully saturated rings. The number of pyridine rings is 1. The molecule has 0 aromatic carbocycles. The molecule has 2 aliphatic rings. The Balaban J connectivity index is 1.77. The van der Waals surface area contributed by atoms with E-state index in [1.54, 1.807) is 0 Å². The van der Waals surface area contributed by atoms with Crippen molar-refractivity contribution in [2.24, 2.45) is 17.8 Å². The summed E-state index contributed by atoms with van der Waals surface area (Å²) in [5.74, 6) is 2.88. The SMILES string of the molecule is CCCNC(c1cncc(C)c1)C1C2CCCC21. The lowest BCUT2D eigenvalue weighted by Gasteiger charge is -2.21. The zero-order valence-corrected chi connectivity index (χ0v) is 11.5. The van der Waals surface area contributed by atoms with Crippen molar-refractivity contribution >= 4 is 0 Å². The zero-order chi connectivity index (χ0) is 12.5. The van der Waals surface area contributed by atoms with Gasteiger partial charge in [-0.05, 0) is 61.6 Å². The second kappa shape index (κ2) is 5.00. The largest absolute Gasteiger partial charge is 0.310 e. The van der Waals surface area contributed by atoms with E-state index in [1.807, 2.05) is 6.20 Å². The first-order chi connectivity index (χ1) is 8.81. The van der Waals surface area contributed by atoms with Crippen LogP contribution in [-0.2, 0) is 0 Å². The number of nitrogens with one attached hydrogen (secondary N) is 1. The first-order valence-corrected chi connectivity index (χ1v) is 7.46. The third kappa shape index (κ3) is 2.18. The summed E-state index contributed by atoms with van der Waals surface area (Å²) in [6.45, 7) is 5.50. The van der Waals surface area contributed by atoms with Gasteiger partial charge in [0.05, 0.1) is 0 Å². The quantitative estimate of drug-likeness (QED) is 0.857. The fourth-order valence-corrected chi connectivity index (χ4v) is 3.90. The van der Waals surface area contributed by atoms with Gasteiger partial charge in [-0.2, -0.15) is 0 Å². The highest BCUT2D eigenvalue weighted by molar-refractivity contribution is 5.24. The first-order valence-electron chi connectivity index (χ1n) is 7.46. The Labute approximate surface area is 110 Å². The molecule has 1 N–H and O–H groups in total. The molecule has 3 unspecified atom stereocenters. The molecule has 1 heterocycles. The molecule has 2 saturated carbocycles. The molecule has 0 aliphatic heterocycles. The number of hydrogen-bond acceptors (Lipinski definition) is 2. The second-order valence-electron chi connectivity index (χ2n) is 6.06. The summed E-state index contributed by atoms with van der Waals surface area (Å²) in [6, 6.07) is 2.86. The summed E-state index contributed by atoms with van der Waals surface area (Å²) in [7, 11) is 0. The number of hydrogen-bond donors (Lipinski definition) is 1. The Morgan fingerprint density at radius 3 is 2.78 bits per heavy atom. The van der Waals surface area contributed by atoms with Crippen molar-refractivity contribution in [2.45, 2.75) is 45.6 Å². The summed E-state index contributed by atoms with van der Waals surface area (Å²) in [6.07, 6.45) is 9.59. The van der Waals surface area contributed by atoms with Gasteiger partial charge in [0, 0.05) is 18.4 Å². The van der Waals surface area contributed by atoms with Crippen LogP contribution in [-0.4, -0.2) is 11.5 Å². The molecule has 3 atom stereocenters. The lowest BCUT2D eigenvalue weighted by molar-refractivity contribution is 0.416. The van der Waals surface area contributed by atoms with Gasteiger partial charge in [-0.1, -0.05) is 19.4 Å². The predicted molar refractivity (Wildman–Crippen MR) is 74.3 cm³/mol. The molecule has 2 heteroatoms. The minimum absolute atomic E-state index is 0.549. The molecule has 2 aliphatic carbocycles. The summed E-state index contributed by atoms with van der Waals surface area (Å²) < 4.78 is 0. The third-order valence-corrected chi connectivity index (χ3v) is 4.73. The second-order valence-corrected chi connectivity index (χ2v) is 6.06. The monoisotopic (exact) mass is 244 g/mol. The zero-order valence-electron chi connectivity index (χ0n) is 11.5. The maximum absolute atomic E-state index is 4.38. The molecule has 3 rings (SSSR count). The fourth-order valence-electron chi connectivity index (χ4n) is 3.90. The average Bonchev–Trinajstić information content (AvgIpc) is 2.84. The minimum atomic E-state index is 0.549. The van der Waals surface area contributed by atoms with E-state index < -0.39 is 0 Å². The number of rotatable bonds is 5. The van der Waals surface area contributed by atoms with Crippen LogP contribution < -0.4 is 5.32 Å². The lowest BCUT2D eigenvalue weighted by Crippen LogP contribution is -2.25. The Morgan fingerprint density at radius 2 is 2.11 bits per heavy atom. The topological polar surface area (TPSA) is 24.9 Å². The van der Waals surface area contributed by atoms with Gasteiger partial charge in [0.25, 0.3) is 0 Å². The molecule has 0 radical (unpaired) electrons. The fraction of sp³-hybridized carbons (Fsp3) is 0.688. The molecule has 1 aromatic rings. The van der Waals surface area contributed by atoms with Crippen LogP contribution in [0.5, 0.6) is 0 Å². The normalized spacial score (nSPS) is 31.1. The summed E-state index contributed by atoms with van der Waals surface area (Å²) in [5.41, 5.74) is 2.68. The third-order valence-electron chi connectivity index (χ3n) is 4.73. The van der Waals surface area contributed by atoms with Gasteiger partial charge >= 0.3 is 0 Å². The van der Waals surface area contributed by atoms with E-state index in [9.17, 15) is 0 Å². The van der Waals surface area contributed by atoms with Crippen LogP contribution >= 0.6 is 0 Å². The molecular weight excluding hydrogens is 220 g/mol. The van der Waals surface area contributed by atoms with Crippen LogP contribution in [0.4, 0.5) is 0 Å². The van der Waals surface area contributed by atoms with Crippen molar-refractivity contribution in [2.75, 3.05) is 6.54 Å². The number of fused-ring (bicyclic) bond motifs is 1. The van der Waals surface area contributed by atoms with Crippen molar-refractivity contribution in [1.29, 1.82) is 0 Å². The van der Waals surface area contributed by atoms with Crippen LogP contribution in [0.1, 0.15) is 49.8 Å². The van der Waals surface area contributed by atoms with Crippen molar-refractivity contribution in [1.82, 2.24) is 10.3 Å². The van der Waals surface area contributed by atoms with Gasteiger partial charge in [0.1, 0.15) is 0 Å². The van der Waals surface area contributed by atoms with Crippen molar-refractivity contribution < 1.29 is 0 Å². The highest BCUT2D eigenvalue weighted by Crippen LogP contribution is 2.62. The lowest BCUT2D eigenvalue weighted by atomic mass is 9.97. The van der Waals surface area contributed by atoms with Crippen LogP contribution in [0.15, 0.2) is 18.5 Å². The molecule has 18 heavy (non-hydrogen) atoms. The van der Waals surface area contributed by atoms with Crippen LogP contribution in [0.3, 0.4) is 0 Å². The van der Waals surface area contributed by atoms with Crippen LogP contribution in [0.25, 0.3) is 0 Å². The van der Waals surface area contributed by atoms with Gasteiger partial charge in [-0.25, -0.2) is 0 Å². The van der Waals surface area contributed by atoms with Gasteiger partial charge in [-0.3, -0.25) is 4.98 Å². The van der Waals surface area contributed by atoms with Gasteiger partial charge < -0.3 is 5.32 Å². The van der Waals surface area contributed by atoms with Crippen molar-refractivity contribution in [3.05, 3.63) is 29.6 Å². The molecule has 0 bridgehead atoms. The molecule has 0 amide bonds. The Morgan fingerprint density at radius 1 is 1.33 bits per heavy atom. The maximum atomic E-state index is 4.38. The highest BCUT2D eigenvalue weighted by Gasteiger charge is 2.55. The highest BCUT2D eigenvalue weighted by atomic mass is 14.9. The van der Waals surface area contributed by atoms with E-state index in [0.29, 0.717) is 6.04 Å². The predicted octanol–water partition coefficient (Wildman–Crippen LogP) is 3.48. The smallest absolute Gasteiger partial charge is 0.0369 e. The van der Waals surface area contributed by atoms with E-state index in [2.05, 4.69) is 36.4 Å². The summed E-state index contributed by atoms with van der Waals surface area (Å²) in [5, 5.41) is 3.76. The van der Waals surface area contributed by atoms with Crippen molar-refractivity contribution in [3.63, 3.8) is 0 Å². The minimum Gasteiger partial charge on any atom is -0.310 e. The molecule has 98 valence electrons. The van der Waals surface area contributed by atoms with E-state index in [0.717, 1.165) is 24.3 Å². The molecule has 0 spiro atoms. The van der Waals surface area contributed by atoms with Crippen molar-refractivity contribution in [3.8, 4) is 0 Å². The van der Waals surface area contributed by atoms with Crippen LogP contribution in [0, 0.1) is 24.7 Å². The average molecular weight is 244 g/mol. The number of aromatic nitrogens is 1. The van der Waals surface area contributed by atoms with E-state index >= 15 is 0 Å². The molecule has 1 aromatic heterocycles. The standard InChI is InChI=1S/C16H24N2/c1-3-7-18-16(12-8-11(2)9-17-10-12)15-13-5-4-6-14(13)15/h8-10,13-16,18H,3-7H2,1-2H3. The first kappa shape index (κ1) is 12.2. The van der Waals surface area contributed by atoms with Gasteiger partial charge in [-0.15, -0.1) is 0 Å². The van der Waals surface area contributed by atoms with E-state index in [4.69, 9.17) is 0 Å². The van der Waals surface area contributed by atoms with Gasteiger partial charge in [0.15, 0.2) is 0 Å². The summed E-state index contributed by atoms with van der Waals surface area (Å²) >= 11 is 0. The number of aryl methyl sites for hydroxylation is 1. The Bertz CT molecular complexity index is 405. The van der Waals surface area contributed by atoms with Gasteiger partial charge in [0.2, 0.25) is 0 Å².